The molecule has 0 heterocycles. The number of amides is 2. The third kappa shape index (κ3) is 7.60. The third-order valence-electron chi connectivity index (χ3n) is 5.70. The summed E-state index contributed by atoms with van der Waals surface area (Å²) < 4.78 is 5.79. The number of hydrogen-bond acceptors (Lipinski definition) is 5. The van der Waals surface area contributed by atoms with Crippen LogP contribution in [0.3, 0.4) is 0 Å². The second-order valence-electron chi connectivity index (χ2n) is 8.64. The molecule has 3 aromatic carbocycles. The van der Waals surface area contributed by atoms with Gasteiger partial charge in [0.05, 0.1) is 17.7 Å². The number of aromatic carboxylic acids is 1. The lowest BCUT2D eigenvalue weighted by molar-refractivity contribution is -0.126. The highest BCUT2D eigenvalue weighted by atomic mass is 35.5. The van der Waals surface area contributed by atoms with Crippen LogP contribution in [0.4, 0.5) is 5.69 Å². The summed E-state index contributed by atoms with van der Waals surface area (Å²) in [6, 6.07) is 20.2. The van der Waals surface area contributed by atoms with Gasteiger partial charge in [0, 0.05) is 24.3 Å². The first-order valence-electron chi connectivity index (χ1n) is 12.0. The minimum Gasteiger partial charge on any atom is -0.478 e. The van der Waals surface area contributed by atoms with Gasteiger partial charge in [-0.25, -0.2) is 4.79 Å². The van der Waals surface area contributed by atoms with Gasteiger partial charge in [-0.3, -0.25) is 14.5 Å². The van der Waals surface area contributed by atoms with Crippen LogP contribution in [0, 0.1) is 0 Å². The molecule has 0 bridgehead atoms. The molecule has 0 saturated heterocycles. The second-order valence-corrected chi connectivity index (χ2v) is 9.08. The molecule has 198 valence electrons. The summed E-state index contributed by atoms with van der Waals surface area (Å²) >= 11 is 6.00. The number of carbonyl (C=O) groups excluding carboxylic acids is 2. The van der Waals surface area contributed by atoms with Crippen molar-refractivity contribution in [3.63, 3.8) is 0 Å². The Balaban J connectivity index is 1.87. The average Bonchev–Trinajstić information content (AvgIpc) is 2.92. The highest BCUT2D eigenvalue weighted by molar-refractivity contribution is 6.30. The molecule has 0 unspecified atom stereocenters. The minimum atomic E-state index is -1.04. The Hall–Kier alpha value is -4.30. The summed E-state index contributed by atoms with van der Waals surface area (Å²) in [4.78, 5) is 39.6. The quantitative estimate of drug-likeness (QED) is 0.218. The van der Waals surface area contributed by atoms with E-state index >= 15 is 0 Å². The zero-order chi connectivity index (χ0) is 27.7. The average molecular weight is 536 g/mol. The maximum Gasteiger partial charge on any atom is 0.335 e. The van der Waals surface area contributed by atoms with Crippen molar-refractivity contribution in [1.82, 2.24) is 9.80 Å². The topological polar surface area (TPSA) is 99.2 Å². The van der Waals surface area contributed by atoms with Gasteiger partial charge in [0.15, 0.2) is 0 Å². The van der Waals surface area contributed by atoms with E-state index in [4.69, 9.17) is 16.3 Å². The predicted octanol–water partition coefficient (Wildman–Crippen LogP) is 6.00. The van der Waals surface area contributed by atoms with Crippen LogP contribution in [-0.2, 0) is 16.1 Å². The minimum absolute atomic E-state index is 0.124. The Labute approximate surface area is 227 Å². The summed E-state index contributed by atoms with van der Waals surface area (Å²) in [6.45, 7) is 4.48. The van der Waals surface area contributed by atoms with Gasteiger partial charge in [0.25, 0.3) is 5.91 Å². The van der Waals surface area contributed by atoms with Crippen molar-refractivity contribution in [1.29, 1.82) is 0 Å². The van der Waals surface area contributed by atoms with E-state index in [9.17, 15) is 19.5 Å². The maximum absolute atomic E-state index is 13.1. The summed E-state index contributed by atoms with van der Waals surface area (Å²) in [6.07, 6.45) is 1.48. The number of nitrogens with zero attached hydrogens (tertiary/aromatic N) is 2. The zero-order valence-corrected chi connectivity index (χ0v) is 22.2. The molecule has 0 aliphatic heterocycles. The van der Waals surface area contributed by atoms with Crippen molar-refractivity contribution in [3.05, 3.63) is 100 Å². The van der Waals surface area contributed by atoms with Crippen LogP contribution in [0.1, 0.15) is 36.2 Å². The van der Waals surface area contributed by atoms with Gasteiger partial charge < -0.3 is 20.1 Å². The van der Waals surface area contributed by atoms with E-state index in [1.807, 2.05) is 19.1 Å². The lowest BCUT2D eigenvalue weighted by Gasteiger charge is -2.26. The largest absolute Gasteiger partial charge is 0.478 e. The zero-order valence-electron chi connectivity index (χ0n) is 21.5. The summed E-state index contributed by atoms with van der Waals surface area (Å²) in [5.74, 6) is -0.00218. The van der Waals surface area contributed by atoms with Gasteiger partial charge in [-0.1, -0.05) is 36.7 Å². The molecular formula is C29H30ClN3O5. The van der Waals surface area contributed by atoms with Gasteiger partial charge in [-0.15, -0.1) is 0 Å². The SMILES string of the molecule is CCCN(C)C(=O)/C(C)=C(/Nc1ccc(Oc2cccc(C(=O)O)c2)cc1)N(C=O)Cc1ccc(Cl)cc1. The molecule has 0 radical (unpaired) electrons. The van der Waals surface area contributed by atoms with Crippen molar-refractivity contribution >= 4 is 35.6 Å². The number of hydrogen-bond donors (Lipinski definition) is 2. The van der Waals surface area contributed by atoms with Gasteiger partial charge in [-0.2, -0.15) is 0 Å². The number of anilines is 1. The molecule has 0 aliphatic carbocycles. The number of rotatable bonds is 12. The molecule has 8 nitrogen and oxygen atoms in total. The molecule has 38 heavy (non-hydrogen) atoms. The van der Waals surface area contributed by atoms with Crippen molar-refractivity contribution in [3.8, 4) is 11.5 Å². The van der Waals surface area contributed by atoms with E-state index in [2.05, 4.69) is 5.32 Å². The van der Waals surface area contributed by atoms with Crippen molar-refractivity contribution < 1.29 is 24.2 Å². The Morgan fingerprint density at radius 1 is 1.03 bits per heavy atom. The van der Waals surface area contributed by atoms with Crippen LogP contribution in [0.5, 0.6) is 11.5 Å². The fourth-order valence-electron chi connectivity index (χ4n) is 3.73. The fraction of sp³-hybridized carbons (Fsp3) is 0.207. The number of likely N-dealkylation sites (N-methyl/N-ethyl adjacent to an activating group) is 1. The molecule has 3 rings (SSSR count). The summed E-state index contributed by atoms with van der Waals surface area (Å²) in [7, 11) is 1.73. The van der Waals surface area contributed by atoms with Gasteiger partial charge >= 0.3 is 5.97 Å². The van der Waals surface area contributed by atoms with E-state index in [0.717, 1.165) is 12.0 Å². The molecule has 0 aliphatic rings. The Bertz CT molecular complexity index is 1310. The van der Waals surface area contributed by atoms with Gasteiger partial charge in [-0.05, 0) is 73.5 Å². The van der Waals surface area contributed by atoms with Crippen molar-refractivity contribution in [2.75, 3.05) is 18.9 Å². The van der Waals surface area contributed by atoms with Crippen LogP contribution in [0.2, 0.25) is 5.02 Å². The highest BCUT2D eigenvalue weighted by Gasteiger charge is 2.20. The number of benzene rings is 3. The highest BCUT2D eigenvalue weighted by Crippen LogP contribution is 2.26. The summed E-state index contributed by atoms with van der Waals surface area (Å²) in [5, 5.41) is 13.0. The number of nitrogens with one attached hydrogen (secondary N) is 1. The lowest BCUT2D eigenvalue weighted by atomic mass is 10.2. The smallest absolute Gasteiger partial charge is 0.335 e. The molecule has 3 aromatic rings. The van der Waals surface area contributed by atoms with E-state index in [0.29, 0.717) is 46.6 Å². The maximum atomic E-state index is 13.1. The number of carboxylic acids is 1. The molecule has 0 fully saturated rings. The molecular weight excluding hydrogens is 506 g/mol. The Morgan fingerprint density at radius 2 is 1.71 bits per heavy atom. The van der Waals surface area contributed by atoms with Gasteiger partial charge in [0.1, 0.15) is 17.3 Å². The Morgan fingerprint density at radius 3 is 2.32 bits per heavy atom. The van der Waals surface area contributed by atoms with Crippen LogP contribution in [0.25, 0.3) is 0 Å². The fourth-order valence-corrected chi connectivity index (χ4v) is 3.86. The number of ether oxygens (including phenoxy) is 1. The second kappa shape index (κ2) is 13.3. The number of halogens is 1. The molecule has 9 heteroatoms. The van der Waals surface area contributed by atoms with E-state index in [1.165, 1.54) is 17.0 Å². The van der Waals surface area contributed by atoms with Crippen LogP contribution in [0.15, 0.2) is 84.2 Å². The van der Waals surface area contributed by atoms with E-state index < -0.39 is 5.97 Å². The molecule has 0 spiro atoms. The monoisotopic (exact) mass is 535 g/mol. The molecule has 2 amide bonds. The standard InChI is InChI=1S/C29H30ClN3O5/c1-4-16-32(3)28(35)20(2)27(33(19-34)18-21-8-10-23(30)11-9-21)31-24-12-14-25(15-13-24)38-26-7-5-6-22(17-26)29(36)37/h5-15,17,19,31H,4,16,18H2,1-3H3,(H,36,37)/b27-20-. The first-order valence-corrected chi connectivity index (χ1v) is 12.4. The predicted molar refractivity (Wildman–Crippen MR) is 147 cm³/mol. The summed E-state index contributed by atoms with van der Waals surface area (Å²) in [5.41, 5.74) is 1.97. The first-order chi connectivity index (χ1) is 18.2. The molecule has 0 saturated carbocycles. The Kier molecular flexibility index (Phi) is 9.90. The first kappa shape index (κ1) is 28.3. The molecule has 0 atom stereocenters. The van der Waals surface area contributed by atoms with E-state index in [-0.39, 0.29) is 18.0 Å². The van der Waals surface area contributed by atoms with Crippen molar-refractivity contribution in [2.24, 2.45) is 0 Å². The number of carboxylic acid groups (broad SMARTS) is 1. The molecule has 2 N–H and O–H groups in total. The van der Waals surface area contributed by atoms with E-state index in [1.54, 1.807) is 67.4 Å². The lowest BCUT2D eigenvalue weighted by Crippen LogP contribution is -2.33. The van der Waals surface area contributed by atoms with Crippen LogP contribution in [-0.4, -0.2) is 46.8 Å². The van der Waals surface area contributed by atoms with Gasteiger partial charge in [0.2, 0.25) is 6.41 Å². The van der Waals surface area contributed by atoms with Crippen LogP contribution < -0.4 is 10.1 Å². The van der Waals surface area contributed by atoms with Crippen LogP contribution >= 0.6 is 11.6 Å². The normalized spacial score (nSPS) is 11.3. The third-order valence-corrected chi connectivity index (χ3v) is 5.95. The van der Waals surface area contributed by atoms with Crippen molar-refractivity contribution in [2.45, 2.75) is 26.8 Å². The molecule has 0 aromatic heterocycles. The number of carbonyl (C=O) groups is 3.